The highest BCUT2D eigenvalue weighted by Gasteiger charge is 2.28. The fourth-order valence-corrected chi connectivity index (χ4v) is 2.07. The van der Waals surface area contributed by atoms with Gasteiger partial charge in [0, 0.05) is 6.42 Å². The first kappa shape index (κ1) is 20.4. The van der Waals surface area contributed by atoms with Gasteiger partial charge < -0.3 is 15.7 Å². The van der Waals surface area contributed by atoms with E-state index in [4.69, 9.17) is 5.11 Å². The van der Waals surface area contributed by atoms with Crippen molar-refractivity contribution in [2.45, 2.75) is 72.4 Å². The van der Waals surface area contributed by atoms with Gasteiger partial charge in [-0.15, -0.1) is 0 Å². The Morgan fingerprint density at radius 2 is 1.64 bits per heavy atom. The normalized spacial score (nSPS) is 13.8. The molecule has 0 spiro atoms. The highest BCUT2D eigenvalue weighted by atomic mass is 16.4. The van der Waals surface area contributed by atoms with E-state index in [-0.39, 0.29) is 17.7 Å². The molecule has 2 amide bonds. The summed E-state index contributed by atoms with van der Waals surface area (Å²) in [5.41, 5.74) is 0. The largest absolute Gasteiger partial charge is 0.480 e. The maximum absolute atomic E-state index is 12.3. The molecule has 3 N–H and O–H groups in total. The summed E-state index contributed by atoms with van der Waals surface area (Å²) in [5.74, 6) is -1.58. The third kappa shape index (κ3) is 8.00. The Balaban J connectivity index is 4.76. The van der Waals surface area contributed by atoms with Gasteiger partial charge in [0.15, 0.2) is 0 Å². The zero-order valence-electron chi connectivity index (χ0n) is 14.3. The number of carboxylic acids is 1. The van der Waals surface area contributed by atoms with E-state index >= 15 is 0 Å². The van der Waals surface area contributed by atoms with Crippen molar-refractivity contribution >= 4 is 17.8 Å². The van der Waals surface area contributed by atoms with Crippen LogP contribution in [0.4, 0.5) is 0 Å². The third-order valence-electron chi connectivity index (χ3n) is 3.32. The van der Waals surface area contributed by atoms with Gasteiger partial charge in [0.05, 0.1) is 0 Å². The number of hydrogen-bond acceptors (Lipinski definition) is 3. The van der Waals surface area contributed by atoms with Crippen molar-refractivity contribution in [2.24, 2.45) is 11.8 Å². The Morgan fingerprint density at radius 3 is 2.05 bits per heavy atom. The molecule has 0 saturated carbocycles. The van der Waals surface area contributed by atoms with Crippen LogP contribution in [0.1, 0.15) is 60.3 Å². The van der Waals surface area contributed by atoms with Gasteiger partial charge in [0.1, 0.15) is 12.1 Å². The Hall–Kier alpha value is -1.59. The van der Waals surface area contributed by atoms with E-state index in [0.717, 1.165) is 12.8 Å². The number of rotatable bonds is 10. The number of carbonyl (C=O) groups excluding carboxylic acids is 2. The molecule has 0 aromatic carbocycles. The molecule has 6 nitrogen and oxygen atoms in total. The van der Waals surface area contributed by atoms with E-state index in [0.29, 0.717) is 12.8 Å². The topological polar surface area (TPSA) is 95.5 Å². The molecule has 128 valence electrons. The SMILES string of the molecule is CCCC[C@H](NC(=O)C(NC(=O)CC(C)C)C(C)C)C(=O)O. The lowest BCUT2D eigenvalue weighted by Crippen LogP contribution is -2.53. The van der Waals surface area contributed by atoms with Crippen LogP contribution in [0.3, 0.4) is 0 Å². The van der Waals surface area contributed by atoms with Crippen LogP contribution in [0.25, 0.3) is 0 Å². The van der Waals surface area contributed by atoms with Crippen molar-refractivity contribution in [1.82, 2.24) is 10.6 Å². The number of aliphatic carboxylic acids is 1. The molecule has 0 aliphatic heterocycles. The second-order valence-corrected chi connectivity index (χ2v) is 6.43. The molecule has 0 aliphatic carbocycles. The molecule has 1 unspecified atom stereocenters. The van der Waals surface area contributed by atoms with Crippen LogP contribution in [0.15, 0.2) is 0 Å². The van der Waals surface area contributed by atoms with Gasteiger partial charge in [-0.05, 0) is 18.3 Å². The van der Waals surface area contributed by atoms with Crippen LogP contribution < -0.4 is 10.6 Å². The van der Waals surface area contributed by atoms with E-state index < -0.39 is 24.0 Å². The molecule has 0 saturated heterocycles. The molecular weight excluding hydrogens is 284 g/mol. The summed E-state index contributed by atoms with van der Waals surface area (Å²) < 4.78 is 0. The van der Waals surface area contributed by atoms with E-state index in [1.165, 1.54) is 0 Å². The van der Waals surface area contributed by atoms with E-state index in [1.807, 2.05) is 34.6 Å². The quantitative estimate of drug-likeness (QED) is 0.574. The lowest BCUT2D eigenvalue weighted by atomic mass is 10.0. The Bertz CT molecular complexity index is 380. The zero-order valence-corrected chi connectivity index (χ0v) is 14.3. The number of amides is 2. The molecule has 6 heteroatoms. The minimum Gasteiger partial charge on any atom is -0.480 e. The van der Waals surface area contributed by atoms with Crippen LogP contribution >= 0.6 is 0 Å². The van der Waals surface area contributed by atoms with Crippen molar-refractivity contribution in [3.05, 3.63) is 0 Å². The van der Waals surface area contributed by atoms with Crippen molar-refractivity contribution in [3.8, 4) is 0 Å². The minimum atomic E-state index is -1.04. The Kier molecular flexibility index (Phi) is 9.45. The van der Waals surface area contributed by atoms with E-state index in [2.05, 4.69) is 10.6 Å². The first-order valence-electron chi connectivity index (χ1n) is 8.01. The number of carboxylic acid groups (broad SMARTS) is 1. The summed E-state index contributed by atoms with van der Waals surface area (Å²) in [6.45, 7) is 9.46. The van der Waals surface area contributed by atoms with Gasteiger partial charge >= 0.3 is 5.97 Å². The smallest absolute Gasteiger partial charge is 0.326 e. The predicted octanol–water partition coefficient (Wildman–Crippen LogP) is 1.93. The first-order chi connectivity index (χ1) is 10.2. The zero-order chi connectivity index (χ0) is 17.3. The van der Waals surface area contributed by atoms with Crippen LogP contribution in [0.2, 0.25) is 0 Å². The molecule has 0 heterocycles. The molecule has 22 heavy (non-hydrogen) atoms. The monoisotopic (exact) mass is 314 g/mol. The fraction of sp³-hybridized carbons (Fsp3) is 0.812. The van der Waals surface area contributed by atoms with Gasteiger partial charge in [-0.3, -0.25) is 9.59 Å². The number of hydrogen-bond donors (Lipinski definition) is 3. The number of carbonyl (C=O) groups is 3. The molecule has 0 radical (unpaired) electrons. The summed E-state index contributed by atoms with van der Waals surface area (Å²) in [7, 11) is 0. The molecule has 0 bridgehead atoms. The van der Waals surface area contributed by atoms with Gasteiger partial charge in [0.25, 0.3) is 0 Å². The van der Waals surface area contributed by atoms with E-state index in [9.17, 15) is 14.4 Å². The Labute approximate surface area is 133 Å². The van der Waals surface area contributed by atoms with Gasteiger partial charge in [-0.25, -0.2) is 4.79 Å². The third-order valence-corrected chi connectivity index (χ3v) is 3.32. The average Bonchev–Trinajstić information content (AvgIpc) is 2.38. The lowest BCUT2D eigenvalue weighted by molar-refractivity contribution is -0.142. The predicted molar refractivity (Wildman–Crippen MR) is 85.3 cm³/mol. The molecule has 2 atom stereocenters. The summed E-state index contributed by atoms with van der Waals surface area (Å²) in [5, 5.41) is 14.4. The Morgan fingerprint density at radius 1 is 1.05 bits per heavy atom. The van der Waals surface area contributed by atoms with Crippen LogP contribution in [-0.2, 0) is 14.4 Å². The molecule has 0 aliphatic rings. The summed E-state index contributed by atoms with van der Waals surface area (Å²) in [6, 6.07) is -1.62. The number of nitrogens with one attached hydrogen (secondary N) is 2. The van der Waals surface area contributed by atoms with Crippen LogP contribution in [0.5, 0.6) is 0 Å². The fourth-order valence-electron chi connectivity index (χ4n) is 2.07. The highest BCUT2D eigenvalue weighted by Crippen LogP contribution is 2.07. The standard InChI is InChI=1S/C16H30N2O4/c1-6-7-8-12(16(21)22)17-15(20)14(11(4)5)18-13(19)9-10(2)3/h10-12,14H,6-9H2,1-5H3,(H,17,20)(H,18,19)(H,21,22)/t12-,14?/m0/s1. The molecule has 0 rings (SSSR count). The second-order valence-electron chi connectivity index (χ2n) is 6.43. The summed E-state index contributed by atoms with van der Waals surface area (Å²) in [6.07, 6.45) is 2.32. The van der Waals surface area contributed by atoms with Crippen LogP contribution in [-0.4, -0.2) is 35.0 Å². The van der Waals surface area contributed by atoms with Gasteiger partial charge in [-0.2, -0.15) is 0 Å². The van der Waals surface area contributed by atoms with E-state index in [1.54, 1.807) is 0 Å². The van der Waals surface area contributed by atoms with Gasteiger partial charge in [0.2, 0.25) is 11.8 Å². The maximum Gasteiger partial charge on any atom is 0.326 e. The van der Waals surface area contributed by atoms with Crippen molar-refractivity contribution in [2.75, 3.05) is 0 Å². The maximum atomic E-state index is 12.3. The molecule has 0 fully saturated rings. The first-order valence-corrected chi connectivity index (χ1v) is 8.01. The molecular formula is C16H30N2O4. The number of unbranched alkanes of at least 4 members (excludes halogenated alkanes) is 1. The molecule has 0 aromatic heterocycles. The van der Waals surface area contributed by atoms with Crippen molar-refractivity contribution < 1.29 is 19.5 Å². The van der Waals surface area contributed by atoms with Crippen molar-refractivity contribution in [3.63, 3.8) is 0 Å². The van der Waals surface area contributed by atoms with Gasteiger partial charge in [-0.1, -0.05) is 47.5 Å². The van der Waals surface area contributed by atoms with Crippen molar-refractivity contribution in [1.29, 1.82) is 0 Å². The lowest BCUT2D eigenvalue weighted by Gasteiger charge is -2.24. The second kappa shape index (κ2) is 10.2. The highest BCUT2D eigenvalue weighted by molar-refractivity contribution is 5.90. The summed E-state index contributed by atoms with van der Waals surface area (Å²) in [4.78, 5) is 35.4. The average molecular weight is 314 g/mol. The van der Waals surface area contributed by atoms with Crippen LogP contribution in [0, 0.1) is 11.8 Å². The molecule has 0 aromatic rings. The summed E-state index contributed by atoms with van der Waals surface area (Å²) >= 11 is 0. The minimum absolute atomic E-state index is 0.114.